The standard InChI is InChI=1S/C11H25NO/c1-3-5-6-7-8-9-13-10-11(12)4-2/h11H,3-10,12H2,1-2H3. The highest BCUT2D eigenvalue weighted by Gasteiger charge is 1.97. The van der Waals surface area contributed by atoms with Crippen molar-refractivity contribution in [2.75, 3.05) is 13.2 Å². The SMILES string of the molecule is CCCCCCCOCC(N)CC. The van der Waals surface area contributed by atoms with E-state index in [-0.39, 0.29) is 6.04 Å². The van der Waals surface area contributed by atoms with E-state index in [1.54, 1.807) is 0 Å². The smallest absolute Gasteiger partial charge is 0.0617 e. The first-order valence-electron chi connectivity index (χ1n) is 5.64. The van der Waals surface area contributed by atoms with Crippen molar-refractivity contribution in [3.05, 3.63) is 0 Å². The minimum absolute atomic E-state index is 0.232. The lowest BCUT2D eigenvalue weighted by Crippen LogP contribution is -2.25. The molecular weight excluding hydrogens is 162 g/mol. The lowest BCUT2D eigenvalue weighted by molar-refractivity contribution is 0.116. The van der Waals surface area contributed by atoms with Crippen LogP contribution in [0, 0.1) is 0 Å². The van der Waals surface area contributed by atoms with E-state index in [2.05, 4.69) is 13.8 Å². The molecule has 0 aromatic heterocycles. The average Bonchev–Trinajstić information content (AvgIpc) is 2.16. The van der Waals surface area contributed by atoms with Gasteiger partial charge in [-0.15, -0.1) is 0 Å². The summed E-state index contributed by atoms with van der Waals surface area (Å²) >= 11 is 0. The second-order valence-corrected chi connectivity index (χ2v) is 3.66. The van der Waals surface area contributed by atoms with Crippen molar-refractivity contribution in [1.82, 2.24) is 0 Å². The number of hydrogen-bond donors (Lipinski definition) is 1. The molecule has 0 aliphatic rings. The van der Waals surface area contributed by atoms with Crippen LogP contribution >= 0.6 is 0 Å². The molecule has 0 aromatic carbocycles. The molecule has 0 radical (unpaired) electrons. The van der Waals surface area contributed by atoms with Gasteiger partial charge in [-0.05, 0) is 12.8 Å². The van der Waals surface area contributed by atoms with Crippen molar-refractivity contribution >= 4 is 0 Å². The normalized spacial score (nSPS) is 13.2. The summed E-state index contributed by atoms with van der Waals surface area (Å²) in [7, 11) is 0. The van der Waals surface area contributed by atoms with Gasteiger partial charge in [-0.1, -0.05) is 39.5 Å². The molecule has 0 aromatic rings. The highest BCUT2D eigenvalue weighted by atomic mass is 16.5. The Bertz CT molecular complexity index is 96.1. The van der Waals surface area contributed by atoms with E-state index >= 15 is 0 Å². The summed E-state index contributed by atoms with van der Waals surface area (Å²) in [5.41, 5.74) is 5.71. The van der Waals surface area contributed by atoms with E-state index < -0.39 is 0 Å². The van der Waals surface area contributed by atoms with Crippen LogP contribution in [-0.2, 0) is 4.74 Å². The second-order valence-electron chi connectivity index (χ2n) is 3.66. The van der Waals surface area contributed by atoms with Crippen LogP contribution in [0.15, 0.2) is 0 Å². The molecule has 0 rings (SSSR count). The quantitative estimate of drug-likeness (QED) is 0.563. The van der Waals surface area contributed by atoms with Crippen molar-refractivity contribution in [3.8, 4) is 0 Å². The molecule has 0 spiro atoms. The molecule has 0 fully saturated rings. The number of ether oxygens (including phenoxy) is 1. The second kappa shape index (κ2) is 10.0. The molecule has 0 saturated heterocycles. The van der Waals surface area contributed by atoms with Gasteiger partial charge in [0.1, 0.15) is 0 Å². The third-order valence-electron chi connectivity index (χ3n) is 2.25. The molecule has 1 atom stereocenters. The van der Waals surface area contributed by atoms with Gasteiger partial charge in [-0.2, -0.15) is 0 Å². The summed E-state index contributed by atoms with van der Waals surface area (Å²) in [5, 5.41) is 0. The maximum absolute atomic E-state index is 5.71. The fourth-order valence-electron chi connectivity index (χ4n) is 1.16. The molecular formula is C11H25NO. The first-order valence-corrected chi connectivity index (χ1v) is 5.64. The van der Waals surface area contributed by atoms with E-state index in [0.29, 0.717) is 0 Å². The Labute approximate surface area is 82.8 Å². The average molecular weight is 187 g/mol. The van der Waals surface area contributed by atoms with Crippen LogP contribution in [0.4, 0.5) is 0 Å². The van der Waals surface area contributed by atoms with Crippen molar-refractivity contribution in [2.24, 2.45) is 5.73 Å². The molecule has 0 saturated carbocycles. The number of rotatable bonds is 9. The maximum atomic E-state index is 5.71. The van der Waals surface area contributed by atoms with Gasteiger partial charge in [0.2, 0.25) is 0 Å². The van der Waals surface area contributed by atoms with Crippen molar-refractivity contribution in [1.29, 1.82) is 0 Å². The molecule has 2 nitrogen and oxygen atoms in total. The van der Waals surface area contributed by atoms with E-state index in [1.807, 2.05) is 0 Å². The Morgan fingerprint density at radius 3 is 2.38 bits per heavy atom. The molecule has 0 aliphatic heterocycles. The third-order valence-corrected chi connectivity index (χ3v) is 2.25. The lowest BCUT2D eigenvalue weighted by atomic mass is 10.2. The minimum atomic E-state index is 0.232. The first kappa shape index (κ1) is 12.9. The summed E-state index contributed by atoms with van der Waals surface area (Å²) in [6.45, 7) is 5.94. The molecule has 0 aliphatic carbocycles. The van der Waals surface area contributed by atoms with Crippen molar-refractivity contribution in [2.45, 2.75) is 58.4 Å². The molecule has 0 heterocycles. The molecule has 2 N–H and O–H groups in total. The molecule has 0 bridgehead atoms. The zero-order valence-corrected chi connectivity index (χ0v) is 9.22. The topological polar surface area (TPSA) is 35.2 Å². The Hall–Kier alpha value is -0.0800. The largest absolute Gasteiger partial charge is 0.380 e. The molecule has 80 valence electrons. The minimum Gasteiger partial charge on any atom is -0.380 e. The van der Waals surface area contributed by atoms with Gasteiger partial charge >= 0.3 is 0 Å². The predicted molar refractivity (Wildman–Crippen MR) is 57.8 cm³/mol. The van der Waals surface area contributed by atoms with Crippen LogP contribution in [0.1, 0.15) is 52.4 Å². The lowest BCUT2D eigenvalue weighted by Gasteiger charge is -2.09. The van der Waals surface area contributed by atoms with Crippen LogP contribution in [0.2, 0.25) is 0 Å². The van der Waals surface area contributed by atoms with Gasteiger partial charge in [0.05, 0.1) is 6.61 Å². The first-order chi connectivity index (χ1) is 6.31. The van der Waals surface area contributed by atoms with Gasteiger partial charge in [0, 0.05) is 12.6 Å². The molecule has 1 unspecified atom stereocenters. The van der Waals surface area contributed by atoms with E-state index in [9.17, 15) is 0 Å². The monoisotopic (exact) mass is 187 g/mol. The van der Waals surface area contributed by atoms with Crippen LogP contribution in [0.25, 0.3) is 0 Å². The van der Waals surface area contributed by atoms with Gasteiger partial charge in [-0.25, -0.2) is 0 Å². The molecule has 13 heavy (non-hydrogen) atoms. The summed E-state index contributed by atoms with van der Waals surface area (Å²) < 4.78 is 5.44. The van der Waals surface area contributed by atoms with Gasteiger partial charge in [0.25, 0.3) is 0 Å². The third kappa shape index (κ3) is 9.84. The Kier molecular flexibility index (Phi) is 9.94. The summed E-state index contributed by atoms with van der Waals surface area (Å²) in [4.78, 5) is 0. The number of nitrogens with two attached hydrogens (primary N) is 1. The fourth-order valence-corrected chi connectivity index (χ4v) is 1.16. The zero-order chi connectivity index (χ0) is 9.94. The molecule has 2 heteroatoms. The Balaban J connectivity index is 2.91. The van der Waals surface area contributed by atoms with Gasteiger partial charge in [0.15, 0.2) is 0 Å². The summed E-state index contributed by atoms with van der Waals surface area (Å²) in [6, 6.07) is 0.232. The van der Waals surface area contributed by atoms with Crippen LogP contribution < -0.4 is 5.73 Å². The van der Waals surface area contributed by atoms with E-state index in [1.165, 1.54) is 32.1 Å². The van der Waals surface area contributed by atoms with Crippen molar-refractivity contribution < 1.29 is 4.74 Å². The highest BCUT2D eigenvalue weighted by molar-refractivity contribution is 4.55. The van der Waals surface area contributed by atoms with Crippen LogP contribution in [0.3, 0.4) is 0 Å². The van der Waals surface area contributed by atoms with Gasteiger partial charge < -0.3 is 10.5 Å². The summed E-state index contributed by atoms with van der Waals surface area (Å²) in [5.74, 6) is 0. The number of unbranched alkanes of at least 4 members (excludes halogenated alkanes) is 4. The Morgan fingerprint density at radius 2 is 1.77 bits per heavy atom. The maximum Gasteiger partial charge on any atom is 0.0617 e. The van der Waals surface area contributed by atoms with Gasteiger partial charge in [-0.3, -0.25) is 0 Å². The van der Waals surface area contributed by atoms with Crippen LogP contribution in [0.5, 0.6) is 0 Å². The Morgan fingerprint density at radius 1 is 1.08 bits per heavy atom. The highest BCUT2D eigenvalue weighted by Crippen LogP contribution is 2.02. The van der Waals surface area contributed by atoms with Crippen molar-refractivity contribution in [3.63, 3.8) is 0 Å². The van der Waals surface area contributed by atoms with E-state index in [0.717, 1.165) is 19.6 Å². The predicted octanol–water partition coefficient (Wildman–Crippen LogP) is 2.71. The summed E-state index contributed by atoms with van der Waals surface area (Å²) in [6.07, 6.45) is 7.51. The van der Waals surface area contributed by atoms with E-state index in [4.69, 9.17) is 10.5 Å². The molecule has 0 amide bonds. The zero-order valence-electron chi connectivity index (χ0n) is 9.22. The van der Waals surface area contributed by atoms with Crippen LogP contribution in [-0.4, -0.2) is 19.3 Å². The fraction of sp³-hybridized carbons (Fsp3) is 1.00. The number of hydrogen-bond acceptors (Lipinski definition) is 2.